The zero-order chi connectivity index (χ0) is 19.9. The Labute approximate surface area is 170 Å². The van der Waals surface area contributed by atoms with Crippen LogP contribution in [-0.4, -0.2) is 41.3 Å². The lowest BCUT2D eigenvalue weighted by Gasteiger charge is -2.31. The van der Waals surface area contributed by atoms with Crippen molar-refractivity contribution in [3.63, 3.8) is 0 Å². The minimum Gasteiger partial charge on any atom is -0.508 e. The molecule has 0 spiro atoms. The summed E-state index contributed by atoms with van der Waals surface area (Å²) in [6.07, 6.45) is 2.02. The molecule has 3 rings (SSSR count). The van der Waals surface area contributed by atoms with E-state index in [9.17, 15) is 14.7 Å². The molecule has 1 aliphatic rings. The Balaban J connectivity index is 1.38. The maximum absolute atomic E-state index is 12.6. The van der Waals surface area contributed by atoms with Crippen molar-refractivity contribution in [3.8, 4) is 5.75 Å². The number of piperidine rings is 1. The molecule has 0 aliphatic carbocycles. The van der Waals surface area contributed by atoms with Gasteiger partial charge in [-0.1, -0.05) is 29.8 Å². The van der Waals surface area contributed by atoms with Crippen LogP contribution >= 0.6 is 11.6 Å². The van der Waals surface area contributed by atoms with Gasteiger partial charge in [0.05, 0.1) is 0 Å². The first-order chi connectivity index (χ1) is 13.5. The van der Waals surface area contributed by atoms with Crippen LogP contribution in [0.1, 0.15) is 35.2 Å². The van der Waals surface area contributed by atoms with Crippen LogP contribution in [0.15, 0.2) is 48.5 Å². The van der Waals surface area contributed by atoms with E-state index in [-0.39, 0.29) is 23.4 Å². The van der Waals surface area contributed by atoms with Crippen molar-refractivity contribution in [1.29, 1.82) is 0 Å². The van der Waals surface area contributed by atoms with Gasteiger partial charge in [0.15, 0.2) is 5.78 Å². The number of phenolic OH excluding ortho intramolecular Hbond substituents is 1. The summed E-state index contributed by atoms with van der Waals surface area (Å²) in [5.41, 5.74) is 1.56. The van der Waals surface area contributed by atoms with E-state index in [2.05, 4.69) is 10.2 Å². The van der Waals surface area contributed by atoms with Crippen LogP contribution < -0.4 is 5.32 Å². The number of halogens is 1. The highest BCUT2D eigenvalue weighted by atomic mass is 35.5. The van der Waals surface area contributed by atoms with Gasteiger partial charge in [-0.15, -0.1) is 0 Å². The number of ketones is 1. The van der Waals surface area contributed by atoms with Gasteiger partial charge in [-0.05, 0) is 61.8 Å². The predicted octanol–water partition coefficient (Wildman–Crippen LogP) is 3.65. The molecule has 2 N–H and O–H groups in total. The van der Waals surface area contributed by atoms with Gasteiger partial charge in [0.2, 0.25) is 5.91 Å². The number of benzene rings is 2. The average molecular weight is 401 g/mol. The Hall–Kier alpha value is -2.37. The molecule has 1 aliphatic heterocycles. The molecular weight excluding hydrogens is 376 g/mol. The van der Waals surface area contributed by atoms with E-state index >= 15 is 0 Å². The summed E-state index contributed by atoms with van der Waals surface area (Å²) in [6.45, 7) is 2.74. The minimum atomic E-state index is 0.00205. The van der Waals surface area contributed by atoms with Crippen LogP contribution in [0.4, 0.5) is 0 Å². The van der Waals surface area contributed by atoms with Crippen LogP contribution in [0, 0.1) is 5.92 Å². The monoisotopic (exact) mass is 400 g/mol. The fourth-order valence-corrected chi connectivity index (χ4v) is 3.67. The highest BCUT2D eigenvalue weighted by Crippen LogP contribution is 2.23. The van der Waals surface area contributed by atoms with E-state index in [4.69, 9.17) is 11.6 Å². The van der Waals surface area contributed by atoms with Crippen LogP contribution in [0.25, 0.3) is 0 Å². The van der Waals surface area contributed by atoms with Crippen molar-refractivity contribution < 1.29 is 14.7 Å². The summed E-state index contributed by atoms with van der Waals surface area (Å²) in [5.74, 6) is 0.313. The number of carbonyl (C=O) groups is 2. The largest absolute Gasteiger partial charge is 0.508 e. The van der Waals surface area contributed by atoms with E-state index in [1.165, 1.54) is 0 Å². The summed E-state index contributed by atoms with van der Waals surface area (Å²) in [7, 11) is 0. The summed E-state index contributed by atoms with van der Waals surface area (Å²) in [4.78, 5) is 26.9. The number of phenols is 1. The fourth-order valence-electron chi connectivity index (χ4n) is 3.46. The van der Waals surface area contributed by atoms with Crippen LogP contribution in [-0.2, 0) is 11.3 Å². The lowest BCUT2D eigenvalue weighted by molar-refractivity contribution is -0.121. The number of likely N-dealkylation sites (tertiary alicyclic amines) is 1. The van der Waals surface area contributed by atoms with Gasteiger partial charge in [-0.25, -0.2) is 0 Å². The minimum absolute atomic E-state index is 0.00205. The number of amides is 1. The number of aromatic hydroxyl groups is 1. The van der Waals surface area contributed by atoms with Crippen molar-refractivity contribution >= 4 is 23.3 Å². The highest BCUT2D eigenvalue weighted by molar-refractivity contribution is 6.31. The number of nitrogens with one attached hydrogen (secondary N) is 1. The third-order valence-electron chi connectivity index (χ3n) is 5.20. The molecule has 148 valence electrons. The first-order valence-corrected chi connectivity index (χ1v) is 9.96. The molecule has 0 saturated carbocycles. The Bertz CT molecular complexity index is 815. The third kappa shape index (κ3) is 5.57. The Morgan fingerprint density at radius 3 is 2.43 bits per heavy atom. The Morgan fingerprint density at radius 2 is 1.75 bits per heavy atom. The predicted molar refractivity (Wildman–Crippen MR) is 110 cm³/mol. The van der Waals surface area contributed by atoms with Crippen LogP contribution in [0.2, 0.25) is 5.02 Å². The summed E-state index contributed by atoms with van der Waals surface area (Å²) in [6, 6.07) is 13.9. The molecule has 1 saturated heterocycles. The van der Waals surface area contributed by atoms with Crippen LogP contribution in [0.5, 0.6) is 5.75 Å². The summed E-state index contributed by atoms with van der Waals surface area (Å²) < 4.78 is 0. The van der Waals surface area contributed by atoms with Crippen molar-refractivity contribution in [1.82, 2.24) is 10.2 Å². The normalized spacial score (nSPS) is 15.3. The second-order valence-electron chi connectivity index (χ2n) is 7.15. The van der Waals surface area contributed by atoms with Crippen molar-refractivity contribution in [2.75, 3.05) is 19.6 Å². The third-order valence-corrected chi connectivity index (χ3v) is 5.57. The molecule has 0 unspecified atom stereocenters. The molecule has 1 heterocycles. The van der Waals surface area contributed by atoms with Crippen molar-refractivity contribution in [3.05, 3.63) is 64.7 Å². The number of hydrogen-bond donors (Lipinski definition) is 2. The molecule has 1 fully saturated rings. The van der Waals surface area contributed by atoms with Gasteiger partial charge in [0.25, 0.3) is 0 Å². The molecule has 0 aromatic heterocycles. The molecule has 0 atom stereocenters. The summed E-state index contributed by atoms with van der Waals surface area (Å²) >= 11 is 6.10. The molecular formula is C22H25ClN2O3. The smallest absolute Gasteiger partial charge is 0.221 e. The van der Waals surface area contributed by atoms with Gasteiger partial charge in [-0.2, -0.15) is 0 Å². The standard InChI is InChI=1S/C22H25ClN2O3/c23-20-4-2-1-3-18(20)15-24-21(27)11-14-25-12-9-17(10-13-25)22(28)16-5-7-19(26)8-6-16/h1-8,17,26H,9-15H2,(H,24,27). The van der Waals surface area contributed by atoms with E-state index in [1.54, 1.807) is 24.3 Å². The van der Waals surface area contributed by atoms with Gasteiger partial charge < -0.3 is 15.3 Å². The molecule has 2 aromatic rings. The topological polar surface area (TPSA) is 69.6 Å². The maximum Gasteiger partial charge on any atom is 0.221 e. The molecule has 1 amide bonds. The Morgan fingerprint density at radius 1 is 1.07 bits per heavy atom. The number of hydrogen-bond acceptors (Lipinski definition) is 4. The lowest BCUT2D eigenvalue weighted by atomic mass is 9.89. The molecule has 0 bridgehead atoms. The quantitative estimate of drug-likeness (QED) is 0.696. The van der Waals surface area contributed by atoms with Crippen molar-refractivity contribution in [2.45, 2.75) is 25.8 Å². The molecule has 0 radical (unpaired) electrons. The molecule has 2 aromatic carbocycles. The van der Waals surface area contributed by atoms with E-state index in [0.717, 1.165) is 31.5 Å². The maximum atomic E-state index is 12.6. The second kappa shape index (κ2) is 9.71. The lowest BCUT2D eigenvalue weighted by Crippen LogP contribution is -2.38. The fraction of sp³-hybridized carbons (Fsp3) is 0.364. The number of nitrogens with zero attached hydrogens (tertiary/aromatic N) is 1. The molecule has 5 nitrogen and oxygen atoms in total. The zero-order valence-corrected chi connectivity index (χ0v) is 16.5. The van der Waals surface area contributed by atoms with E-state index in [0.29, 0.717) is 30.1 Å². The number of carbonyl (C=O) groups excluding carboxylic acids is 2. The van der Waals surface area contributed by atoms with Gasteiger partial charge >= 0.3 is 0 Å². The van der Waals surface area contributed by atoms with Gasteiger partial charge in [-0.3, -0.25) is 9.59 Å². The van der Waals surface area contributed by atoms with Crippen molar-refractivity contribution in [2.24, 2.45) is 5.92 Å². The first-order valence-electron chi connectivity index (χ1n) is 9.58. The molecule has 28 heavy (non-hydrogen) atoms. The van der Waals surface area contributed by atoms with E-state index < -0.39 is 0 Å². The summed E-state index contributed by atoms with van der Waals surface area (Å²) in [5, 5.41) is 12.9. The SMILES string of the molecule is O=C(CCN1CCC(C(=O)c2ccc(O)cc2)CC1)NCc1ccccc1Cl. The first kappa shape index (κ1) is 20.4. The van der Waals surface area contributed by atoms with Crippen LogP contribution in [0.3, 0.4) is 0 Å². The second-order valence-corrected chi connectivity index (χ2v) is 7.55. The zero-order valence-electron chi connectivity index (χ0n) is 15.7. The number of rotatable bonds is 7. The van der Waals surface area contributed by atoms with Gasteiger partial charge in [0, 0.05) is 36.0 Å². The van der Waals surface area contributed by atoms with Gasteiger partial charge in [0.1, 0.15) is 5.75 Å². The molecule has 6 heteroatoms. The van der Waals surface area contributed by atoms with E-state index in [1.807, 2.05) is 24.3 Å². The highest BCUT2D eigenvalue weighted by Gasteiger charge is 2.25. The Kier molecular flexibility index (Phi) is 7.06. The number of Topliss-reactive ketones (excluding diaryl/α,β-unsaturated/α-hetero) is 1. The average Bonchev–Trinajstić information content (AvgIpc) is 2.72.